The lowest BCUT2D eigenvalue weighted by Gasteiger charge is -2.37. The van der Waals surface area contributed by atoms with E-state index in [9.17, 15) is 14.0 Å². The fraction of sp³-hybridized carbons (Fsp3) is 0.346. The Kier molecular flexibility index (Phi) is 6.04. The van der Waals surface area contributed by atoms with E-state index in [1.54, 1.807) is 15.9 Å². The van der Waals surface area contributed by atoms with Crippen LogP contribution in [0.1, 0.15) is 58.9 Å². The van der Waals surface area contributed by atoms with Gasteiger partial charge >= 0.3 is 0 Å². The summed E-state index contributed by atoms with van der Waals surface area (Å²) in [6, 6.07) is 11.7. The van der Waals surface area contributed by atoms with Gasteiger partial charge in [-0.2, -0.15) is 0 Å². The number of amides is 2. The summed E-state index contributed by atoms with van der Waals surface area (Å²) in [5.74, 6) is 0.358. The summed E-state index contributed by atoms with van der Waals surface area (Å²) >= 11 is 0. The first-order valence-electron chi connectivity index (χ1n) is 11.5. The van der Waals surface area contributed by atoms with Gasteiger partial charge in [-0.05, 0) is 60.2 Å². The smallest absolute Gasteiger partial charge is 0.275 e. The molecule has 0 bridgehead atoms. The van der Waals surface area contributed by atoms with Crippen LogP contribution in [0.25, 0.3) is 0 Å². The van der Waals surface area contributed by atoms with Gasteiger partial charge in [0.2, 0.25) is 11.8 Å². The van der Waals surface area contributed by atoms with Crippen molar-refractivity contribution >= 4 is 11.8 Å². The highest BCUT2D eigenvalue weighted by Gasteiger charge is 2.31. The fourth-order valence-corrected chi connectivity index (χ4v) is 4.76. The molecule has 3 aromatic rings. The van der Waals surface area contributed by atoms with E-state index >= 15 is 0 Å². The third-order valence-corrected chi connectivity index (χ3v) is 6.44. The number of fused-ring (bicyclic) bond motifs is 1. The predicted molar refractivity (Wildman–Crippen MR) is 122 cm³/mol. The predicted octanol–water partition coefficient (Wildman–Crippen LogP) is 4.12. The van der Waals surface area contributed by atoms with E-state index in [-0.39, 0.29) is 29.9 Å². The number of ether oxygens (including phenoxy) is 1. The first-order valence-corrected chi connectivity index (χ1v) is 11.5. The first kappa shape index (κ1) is 22.1. The Bertz CT molecular complexity index is 1220. The third kappa shape index (κ3) is 4.40. The van der Waals surface area contributed by atoms with Crippen LogP contribution >= 0.6 is 0 Å². The molecule has 5 rings (SSSR count). The normalized spacial score (nSPS) is 17.5. The Balaban J connectivity index is 1.36. The summed E-state index contributed by atoms with van der Waals surface area (Å²) in [7, 11) is 0. The Morgan fingerprint density at radius 3 is 2.74 bits per heavy atom. The summed E-state index contributed by atoms with van der Waals surface area (Å²) in [6.45, 7) is 3.65. The number of halogens is 1. The van der Waals surface area contributed by atoms with Gasteiger partial charge < -0.3 is 19.0 Å². The molecular formula is C26H26FN3O4. The quantitative estimate of drug-likeness (QED) is 0.569. The van der Waals surface area contributed by atoms with Crippen LogP contribution in [-0.2, 0) is 17.8 Å². The van der Waals surface area contributed by atoms with E-state index in [1.807, 2.05) is 24.3 Å². The lowest BCUT2D eigenvalue weighted by Crippen LogP contribution is -2.39. The van der Waals surface area contributed by atoms with Crippen molar-refractivity contribution < 1.29 is 23.1 Å². The van der Waals surface area contributed by atoms with Crippen molar-refractivity contribution in [3.05, 3.63) is 82.8 Å². The minimum Gasteiger partial charge on any atom is -0.484 e. The lowest BCUT2D eigenvalue weighted by molar-refractivity contribution is -0.130. The number of rotatable bonds is 5. The Hall–Kier alpha value is -3.68. The average Bonchev–Trinajstić information content (AvgIpc) is 3.54. The number of benzene rings is 2. The van der Waals surface area contributed by atoms with E-state index in [1.165, 1.54) is 25.3 Å². The van der Waals surface area contributed by atoms with Crippen LogP contribution < -0.4 is 4.74 Å². The lowest BCUT2D eigenvalue weighted by atomic mass is 9.88. The van der Waals surface area contributed by atoms with Crippen LogP contribution in [0.3, 0.4) is 0 Å². The molecule has 0 radical (unpaired) electrons. The molecule has 0 aliphatic carbocycles. The standard InChI is InChI=1S/C26H26FN3O4/c1-17(31)30-12-9-18-7-8-21(14-22(18)25(30)19-5-4-6-20(27)13-19)33-16-24-28-23(15-34-24)26(32)29-10-2-3-11-29/h4-8,13-15,25H,2-3,9-12,16H2,1H3. The number of nitrogens with zero attached hydrogens (tertiary/aromatic N) is 3. The summed E-state index contributed by atoms with van der Waals surface area (Å²) in [5.41, 5.74) is 3.00. The van der Waals surface area contributed by atoms with E-state index in [4.69, 9.17) is 9.15 Å². The maximum atomic E-state index is 14.0. The molecule has 0 saturated carbocycles. The molecule has 2 aromatic carbocycles. The van der Waals surface area contributed by atoms with Crippen LogP contribution in [0.4, 0.5) is 4.39 Å². The third-order valence-electron chi connectivity index (χ3n) is 6.44. The molecule has 1 saturated heterocycles. The zero-order valence-corrected chi connectivity index (χ0v) is 19.0. The second kappa shape index (κ2) is 9.29. The molecule has 7 nitrogen and oxygen atoms in total. The highest BCUT2D eigenvalue weighted by molar-refractivity contribution is 5.92. The zero-order chi connectivity index (χ0) is 23.7. The van der Waals surface area contributed by atoms with Gasteiger partial charge in [-0.15, -0.1) is 0 Å². The molecule has 3 heterocycles. The zero-order valence-electron chi connectivity index (χ0n) is 19.0. The van der Waals surface area contributed by atoms with Crippen molar-refractivity contribution in [1.82, 2.24) is 14.8 Å². The van der Waals surface area contributed by atoms with Crippen LogP contribution in [0.2, 0.25) is 0 Å². The molecule has 2 aliphatic heterocycles. The van der Waals surface area contributed by atoms with E-state index in [0.29, 0.717) is 30.2 Å². The fourth-order valence-electron chi connectivity index (χ4n) is 4.76. The molecule has 2 amide bonds. The van der Waals surface area contributed by atoms with Gasteiger partial charge in [0, 0.05) is 26.6 Å². The SMILES string of the molecule is CC(=O)N1CCc2ccc(OCc3nc(C(=O)N4CCCC4)co3)cc2C1c1cccc(F)c1. The van der Waals surface area contributed by atoms with Crippen molar-refractivity contribution in [2.24, 2.45) is 0 Å². The molecule has 0 spiro atoms. The van der Waals surface area contributed by atoms with Crippen molar-refractivity contribution in [3.8, 4) is 5.75 Å². The highest BCUT2D eigenvalue weighted by Crippen LogP contribution is 2.37. The average molecular weight is 464 g/mol. The molecule has 2 aliphatic rings. The van der Waals surface area contributed by atoms with Gasteiger partial charge in [-0.1, -0.05) is 18.2 Å². The van der Waals surface area contributed by atoms with Crippen LogP contribution in [0, 0.1) is 5.82 Å². The Labute approximate surface area is 197 Å². The minimum atomic E-state index is -0.396. The van der Waals surface area contributed by atoms with Gasteiger partial charge in [0.05, 0.1) is 6.04 Å². The Morgan fingerprint density at radius 1 is 1.15 bits per heavy atom. The summed E-state index contributed by atoms with van der Waals surface area (Å²) < 4.78 is 25.4. The molecular weight excluding hydrogens is 437 g/mol. The van der Waals surface area contributed by atoms with Crippen LogP contribution in [0.15, 0.2) is 53.1 Å². The number of carbonyl (C=O) groups excluding carboxylic acids is 2. The topological polar surface area (TPSA) is 75.9 Å². The molecule has 1 aromatic heterocycles. The summed E-state index contributed by atoms with van der Waals surface area (Å²) in [6.07, 6.45) is 4.10. The van der Waals surface area contributed by atoms with Gasteiger partial charge in [0.25, 0.3) is 5.91 Å². The molecule has 1 atom stereocenters. The second-order valence-electron chi connectivity index (χ2n) is 8.70. The van der Waals surface area contributed by atoms with E-state index < -0.39 is 6.04 Å². The maximum Gasteiger partial charge on any atom is 0.275 e. The van der Waals surface area contributed by atoms with Crippen LogP contribution in [0.5, 0.6) is 5.75 Å². The molecule has 8 heteroatoms. The minimum absolute atomic E-state index is 0.0626. The summed E-state index contributed by atoms with van der Waals surface area (Å²) in [4.78, 5) is 32.7. The van der Waals surface area contributed by atoms with Crippen LogP contribution in [-0.4, -0.2) is 46.2 Å². The van der Waals surface area contributed by atoms with Crippen molar-refractivity contribution in [3.63, 3.8) is 0 Å². The molecule has 0 N–H and O–H groups in total. The molecule has 176 valence electrons. The first-order chi connectivity index (χ1) is 16.5. The second-order valence-corrected chi connectivity index (χ2v) is 8.70. The number of likely N-dealkylation sites (tertiary alicyclic amines) is 1. The monoisotopic (exact) mass is 463 g/mol. The van der Waals surface area contributed by atoms with Gasteiger partial charge in [0.1, 0.15) is 17.8 Å². The van der Waals surface area contributed by atoms with Gasteiger partial charge in [0.15, 0.2) is 12.3 Å². The molecule has 1 fully saturated rings. The van der Waals surface area contributed by atoms with Crippen molar-refractivity contribution in [2.45, 2.75) is 38.8 Å². The maximum absolute atomic E-state index is 14.0. The number of aromatic nitrogens is 1. The van der Waals surface area contributed by atoms with Gasteiger partial charge in [-0.3, -0.25) is 9.59 Å². The van der Waals surface area contributed by atoms with Gasteiger partial charge in [-0.25, -0.2) is 9.37 Å². The van der Waals surface area contributed by atoms with E-state index in [2.05, 4.69) is 4.98 Å². The number of oxazole rings is 1. The van der Waals surface area contributed by atoms with Crippen molar-refractivity contribution in [2.75, 3.05) is 19.6 Å². The van der Waals surface area contributed by atoms with E-state index in [0.717, 1.165) is 37.1 Å². The van der Waals surface area contributed by atoms with Crippen molar-refractivity contribution in [1.29, 1.82) is 0 Å². The highest BCUT2D eigenvalue weighted by atomic mass is 19.1. The summed E-state index contributed by atoms with van der Waals surface area (Å²) in [5, 5.41) is 0. The molecule has 34 heavy (non-hydrogen) atoms. The molecule has 1 unspecified atom stereocenters. The number of carbonyl (C=O) groups is 2. The Morgan fingerprint density at radius 2 is 1.97 bits per heavy atom. The number of hydrogen-bond acceptors (Lipinski definition) is 5. The number of hydrogen-bond donors (Lipinski definition) is 0. The largest absolute Gasteiger partial charge is 0.484 e.